The summed E-state index contributed by atoms with van der Waals surface area (Å²) in [5.41, 5.74) is 6.05. The number of rotatable bonds is 15. The van der Waals surface area contributed by atoms with E-state index in [9.17, 15) is 0 Å². The Balaban J connectivity index is 0.943. The average Bonchev–Trinajstić information content (AvgIpc) is 4.33. The SMILES string of the molecule is O=S(=O)(NN(NS(=O)(=O)c1ccccc1-c1cc(-c2cnc3[nH]ccc3c2)cnc1Cl)NS(=O)(=O)c1ccccc1-c1cc(-c2cnc3[nH]ccc3c2)cnc1Cl)c1ccccc1-c1cc(-c2cnc3[nH]ccc3c2)cnc1Cl. The lowest BCUT2D eigenvalue weighted by atomic mass is 10.0. The Kier molecular flexibility index (Phi) is 13.4. The van der Waals surface area contributed by atoms with Gasteiger partial charge in [0.15, 0.2) is 0 Å². The molecule has 0 radical (unpaired) electrons. The summed E-state index contributed by atoms with van der Waals surface area (Å²) < 4.78 is 90.2. The molecule has 0 aliphatic heterocycles. The summed E-state index contributed by atoms with van der Waals surface area (Å²) in [7, 11) is -15.2. The fourth-order valence-corrected chi connectivity index (χ4v) is 13.3. The van der Waals surface area contributed by atoms with Crippen LogP contribution >= 0.6 is 34.8 Å². The zero-order chi connectivity index (χ0) is 54.6. The maximum absolute atomic E-state index is 15.0. The van der Waals surface area contributed by atoms with Crippen LogP contribution < -0.4 is 14.5 Å². The van der Waals surface area contributed by atoms with Gasteiger partial charge in [-0.25, -0.2) is 55.2 Å². The van der Waals surface area contributed by atoms with Crippen molar-refractivity contribution in [2.24, 2.45) is 0 Å². The Hall–Kier alpha value is -8.26. The van der Waals surface area contributed by atoms with Gasteiger partial charge >= 0.3 is 0 Å². The van der Waals surface area contributed by atoms with Gasteiger partial charge in [0, 0.05) is 139 Å². The van der Waals surface area contributed by atoms with Crippen LogP contribution in [0.5, 0.6) is 0 Å². The molecule has 25 heteroatoms. The first-order valence-electron chi connectivity index (χ1n) is 23.5. The third-order valence-electron chi connectivity index (χ3n) is 12.8. The Morgan fingerprint density at radius 2 is 0.608 bits per heavy atom. The van der Waals surface area contributed by atoms with Gasteiger partial charge in [-0.2, -0.15) is 0 Å². The van der Waals surface area contributed by atoms with Crippen molar-refractivity contribution in [2.45, 2.75) is 14.7 Å². The minimum atomic E-state index is -5.06. The second-order valence-electron chi connectivity index (χ2n) is 17.7. The van der Waals surface area contributed by atoms with E-state index in [-0.39, 0.29) is 54.1 Å². The number of nitrogens with one attached hydrogen (secondary N) is 6. The van der Waals surface area contributed by atoms with Crippen LogP contribution in [0.2, 0.25) is 15.5 Å². The van der Waals surface area contributed by atoms with Crippen LogP contribution in [-0.2, 0) is 30.1 Å². The smallest absolute Gasteiger partial charge is 0.256 e. The summed E-state index contributed by atoms with van der Waals surface area (Å²) in [6.07, 6.45) is 14.6. The monoisotopic (exact) mass is 1160 g/mol. The number of aromatic nitrogens is 9. The maximum atomic E-state index is 15.0. The molecular weight excluding hydrogens is 1130 g/mol. The number of H-pyrrole nitrogens is 3. The fraction of sp³-hybridized carbons (Fsp3) is 0. The van der Waals surface area contributed by atoms with Crippen LogP contribution in [0.25, 0.3) is 99.9 Å². The molecule has 0 bridgehead atoms. The summed E-state index contributed by atoms with van der Waals surface area (Å²) in [6.45, 7) is 0. The second kappa shape index (κ2) is 20.5. The average molecular weight is 1170 g/mol. The van der Waals surface area contributed by atoms with E-state index in [1.54, 1.807) is 73.6 Å². The summed E-state index contributed by atoms with van der Waals surface area (Å²) >= 11 is 20.2. The summed E-state index contributed by atoms with van der Waals surface area (Å²) in [4.78, 5) is 40.7. The lowest BCUT2D eigenvalue weighted by molar-refractivity contribution is 0.175. The van der Waals surface area contributed by atoms with Crippen LogP contribution in [0.15, 0.2) is 198 Å². The molecule has 19 nitrogen and oxygen atoms in total. The topological polar surface area (TPSA) is 266 Å². The number of benzene rings is 3. The van der Waals surface area contributed by atoms with Crippen LogP contribution in [0.4, 0.5) is 0 Å². The summed E-state index contributed by atoms with van der Waals surface area (Å²) in [5.74, 6) is 0. The number of halogens is 3. The van der Waals surface area contributed by atoms with Gasteiger partial charge in [-0.05, 0) is 72.8 Å². The Morgan fingerprint density at radius 1 is 0.342 bits per heavy atom. The highest BCUT2D eigenvalue weighted by molar-refractivity contribution is 7.91. The molecule has 12 rings (SSSR count). The first kappa shape index (κ1) is 51.5. The number of nitrogens with zero attached hydrogens (tertiary/aromatic N) is 7. The Bertz CT molecular complexity index is 4280. The van der Waals surface area contributed by atoms with E-state index in [0.29, 0.717) is 50.3 Å². The number of hydrogen-bond acceptors (Lipinski definition) is 13. The number of hydrogen-bond donors (Lipinski definition) is 6. The molecule has 0 aliphatic carbocycles. The first-order valence-corrected chi connectivity index (χ1v) is 29.1. The molecule has 9 aromatic heterocycles. The van der Waals surface area contributed by atoms with Crippen molar-refractivity contribution in [1.82, 2.24) is 64.6 Å². The standard InChI is InChI=1S/C54H36Cl3N13O6S3/c55-49-43(22-37(25-61-49)34-19-31-13-16-58-52(31)64-28-34)40-7-1-4-10-46(40)77(71,72)67-70(68-78(73,74)47-11-5-2-8-41(47)44-23-38(26-62-50(44)56)35-20-32-14-17-59-53(32)65-29-35)69-79(75,76)48-12-6-3-9-42(48)45-24-39(27-63-51(45)57)36-21-33-15-18-60-54(33)66-30-36/h1-30,67-69H,(H,58,64)(H,59,65)(H,60,66). The molecule has 6 N–H and O–H groups in total. The van der Waals surface area contributed by atoms with Gasteiger partial charge in [0.2, 0.25) is 0 Å². The third-order valence-corrected chi connectivity index (χ3v) is 17.7. The highest BCUT2D eigenvalue weighted by atomic mass is 35.5. The molecule has 392 valence electrons. The Labute approximate surface area is 464 Å². The lowest BCUT2D eigenvalue weighted by Gasteiger charge is -2.25. The molecule has 0 aliphatic rings. The highest BCUT2D eigenvalue weighted by Gasteiger charge is 2.33. The van der Waals surface area contributed by atoms with Crippen molar-refractivity contribution in [3.05, 3.63) is 199 Å². The van der Waals surface area contributed by atoms with Gasteiger partial charge in [0.25, 0.3) is 30.1 Å². The molecule has 0 fully saturated rings. The van der Waals surface area contributed by atoms with Crippen molar-refractivity contribution < 1.29 is 25.3 Å². The van der Waals surface area contributed by atoms with E-state index in [2.05, 4.69) is 59.3 Å². The van der Waals surface area contributed by atoms with Crippen molar-refractivity contribution in [3.63, 3.8) is 0 Å². The quantitative estimate of drug-likeness (QED) is 0.0412. The second-order valence-corrected chi connectivity index (χ2v) is 23.7. The van der Waals surface area contributed by atoms with Gasteiger partial charge in [-0.15, -0.1) is 14.5 Å². The largest absolute Gasteiger partial charge is 0.346 e. The molecule has 0 amide bonds. The van der Waals surface area contributed by atoms with E-state index in [1.807, 2.05) is 36.4 Å². The van der Waals surface area contributed by atoms with Crippen molar-refractivity contribution in [1.29, 1.82) is 0 Å². The van der Waals surface area contributed by atoms with Crippen LogP contribution in [0.3, 0.4) is 0 Å². The predicted molar refractivity (Wildman–Crippen MR) is 302 cm³/mol. The molecule has 0 unspecified atom stereocenters. The molecule has 0 saturated heterocycles. The van der Waals surface area contributed by atoms with Crippen molar-refractivity contribution in [3.8, 4) is 66.8 Å². The fourth-order valence-electron chi connectivity index (χ4n) is 9.01. The predicted octanol–water partition coefficient (Wildman–Crippen LogP) is 10.7. The van der Waals surface area contributed by atoms with E-state index < -0.39 is 44.8 Å². The number of fused-ring (bicyclic) bond motifs is 3. The molecule has 12 aromatic rings. The minimum Gasteiger partial charge on any atom is -0.346 e. The molecule has 79 heavy (non-hydrogen) atoms. The molecule has 3 aromatic carbocycles. The molecule has 0 spiro atoms. The highest BCUT2D eigenvalue weighted by Crippen LogP contribution is 2.39. The molecule has 0 atom stereocenters. The normalized spacial score (nSPS) is 12.3. The third kappa shape index (κ3) is 10.1. The summed E-state index contributed by atoms with van der Waals surface area (Å²) in [5, 5.41) is 2.32. The molecule has 9 heterocycles. The Morgan fingerprint density at radius 3 is 0.911 bits per heavy atom. The van der Waals surface area contributed by atoms with Gasteiger partial charge in [0.1, 0.15) is 32.4 Å². The number of aromatic amines is 3. The molecular formula is C54H36Cl3N13O6S3. The van der Waals surface area contributed by atoms with Gasteiger partial charge in [-0.1, -0.05) is 94.6 Å². The van der Waals surface area contributed by atoms with Crippen LogP contribution in [0.1, 0.15) is 0 Å². The van der Waals surface area contributed by atoms with E-state index in [1.165, 1.54) is 73.2 Å². The summed E-state index contributed by atoms with van der Waals surface area (Å²) in [6, 6.07) is 33.1. The van der Waals surface area contributed by atoms with Gasteiger partial charge in [0.05, 0.1) is 14.7 Å². The van der Waals surface area contributed by atoms with E-state index >= 15 is 25.3 Å². The number of hydrazine groups is 3. The lowest BCUT2D eigenvalue weighted by Crippen LogP contribution is -2.60. The van der Waals surface area contributed by atoms with E-state index in [0.717, 1.165) is 16.2 Å². The van der Waals surface area contributed by atoms with Crippen molar-refractivity contribution >= 4 is 98.0 Å². The number of sulfonamides is 3. The first-order chi connectivity index (χ1) is 38.1. The van der Waals surface area contributed by atoms with Gasteiger partial charge in [-0.3, -0.25) is 0 Å². The van der Waals surface area contributed by atoms with Crippen LogP contribution in [0, 0.1) is 0 Å². The minimum absolute atomic E-state index is 0.0205. The zero-order valence-corrected chi connectivity index (χ0v) is 45.0. The van der Waals surface area contributed by atoms with Crippen LogP contribution in [-0.4, -0.2) is 75.3 Å². The van der Waals surface area contributed by atoms with Crippen molar-refractivity contribution in [2.75, 3.05) is 0 Å². The zero-order valence-electron chi connectivity index (χ0n) is 40.3. The molecule has 0 saturated carbocycles. The van der Waals surface area contributed by atoms with E-state index in [4.69, 9.17) is 34.8 Å². The maximum Gasteiger partial charge on any atom is 0.256 e. The van der Waals surface area contributed by atoms with Gasteiger partial charge < -0.3 is 15.0 Å². The number of pyridine rings is 6.